The van der Waals surface area contributed by atoms with Gasteiger partial charge in [0.25, 0.3) is 0 Å². The Hall–Kier alpha value is -1.36. The molecule has 0 radical (unpaired) electrons. The van der Waals surface area contributed by atoms with Crippen molar-refractivity contribution in [2.75, 3.05) is 37.6 Å². The maximum absolute atomic E-state index is 13.0. The Morgan fingerprint density at radius 1 is 1.16 bits per heavy atom. The molecule has 0 aromatic carbocycles. The van der Waals surface area contributed by atoms with Gasteiger partial charge in [-0.15, -0.1) is 0 Å². The van der Waals surface area contributed by atoms with E-state index >= 15 is 0 Å². The molecule has 0 bridgehead atoms. The van der Waals surface area contributed by atoms with Gasteiger partial charge < -0.3 is 4.90 Å². The van der Waals surface area contributed by atoms with Gasteiger partial charge in [0.15, 0.2) is 11.3 Å². The molecule has 1 amide bonds. The summed E-state index contributed by atoms with van der Waals surface area (Å²) < 4.78 is 0. The lowest BCUT2D eigenvalue weighted by atomic mass is 9.90. The summed E-state index contributed by atoms with van der Waals surface area (Å²) in [5, 5.41) is 11.5. The molecule has 25 heavy (non-hydrogen) atoms. The summed E-state index contributed by atoms with van der Waals surface area (Å²) >= 11 is 8.01. The molecule has 4 rings (SSSR count). The van der Waals surface area contributed by atoms with Gasteiger partial charge in [0, 0.05) is 32.1 Å². The molecule has 2 aliphatic heterocycles. The van der Waals surface area contributed by atoms with Crippen LogP contribution in [0.1, 0.15) is 43.0 Å². The summed E-state index contributed by atoms with van der Waals surface area (Å²) in [7, 11) is 0. The third-order valence-corrected chi connectivity index (χ3v) is 7.20. The van der Waals surface area contributed by atoms with Crippen LogP contribution in [0.4, 0.5) is 5.00 Å². The van der Waals surface area contributed by atoms with E-state index < -0.39 is 0 Å². The summed E-state index contributed by atoms with van der Waals surface area (Å²) in [5.41, 5.74) is 0. The lowest BCUT2D eigenvalue weighted by molar-refractivity contribution is -0.127. The Kier molecular flexibility index (Phi) is 4.85. The first-order chi connectivity index (χ1) is 12.2. The smallest absolute Gasteiger partial charge is 0.246 e. The number of piperazine rings is 2. The Labute approximate surface area is 157 Å². The Balaban J connectivity index is 1.54. The van der Waals surface area contributed by atoms with Crippen molar-refractivity contribution in [2.24, 2.45) is 0 Å². The molecule has 1 aromatic heterocycles. The molecule has 3 heterocycles. The van der Waals surface area contributed by atoms with Gasteiger partial charge in [0.1, 0.15) is 11.0 Å². The van der Waals surface area contributed by atoms with Crippen LogP contribution in [0, 0.1) is 11.5 Å². The third kappa shape index (κ3) is 3.23. The van der Waals surface area contributed by atoms with E-state index in [1.54, 1.807) is 21.1 Å². The molecule has 6 nitrogen and oxygen atoms in total. The molecule has 0 N–H and O–H groups in total. The summed E-state index contributed by atoms with van der Waals surface area (Å²) in [6, 6.07) is -0.251. The predicted molar refractivity (Wildman–Crippen MR) is 97.9 cm³/mol. The zero-order valence-corrected chi connectivity index (χ0v) is 15.7. The fourth-order valence-electron chi connectivity index (χ4n) is 4.13. The number of nitriles is 1. The third-order valence-electron chi connectivity index (χ3n) is 5.58. The summed E-state index contributed by atoms with van der Waals surface area (Å²) in [4.78, 5) is 23.3. The first-order valence-corrected chi connectivity index (χ1v) is 10.2. The van der Waals surface area contributed by atoms with Crippen molar-refractivity contribution >= 4 is 33.8 Å². The fourth-order valence-corrected chi connectivity index (χ4v) is 5.65. The van der Waals surface area contributed by atoms with Crippen LogP contribution in [0.15, 0.2) is 0 Å². The number of nitrogens with zero attached hydrogens (tertiary/aromatic N) is 5. The molecule has 0 spiro atoms. The van der Waals surface area contributed by atoms with Gasteiger partial charge in [-0.25, -0.2) is 4.98 Å². The van der Waals surface area contributed by atoms with Gasteiger partial charge in [-0.1, -0.05) is 42.2 Å². The van der Waals surface area contributed by atoms with Gasteiger partial charge in [-0.2, -0.15) is 5.26 Å². The molecule has 1 saturated carbocycles. The van der Waals surface area contributed by atoms with Crippen LogP contribution in [0.5, 0.6) is 0 Å². The van der Waals surface area contributed by atoms with Crippen LogP contribution in [0.25, 0.3) is 0 Å². The van der Waals surface area contributed by atoms with Crippen molar-refractivity contribution in [3.05, 3.63) is 10.2 Å². The van der Waals surface area contributed by atoms with Gasteiger partial charge in [-0.3, -0.25) is 14.6 Å². The standard InChI is InChI=1S/C17H22ClN5OS/c18-14-17(25-15(20-14)12-4-2-1-3-5-12)23-9-8-22-7-6-21(11-19)10-13(22)16(23)24/h12-13H,1-10H2. The summed E-state index contributed by atoms with van der Waals surface area (Å²) in [6.45, 7) is 3.41. The molecule has 134 valence electrons. The first-order valence-electron chi connectivity index (χ1n) is 9.03. The number of rotatable bonds is 2. The van der Waals surface area contributed by atoms with Crippen LogP contribution >= 0.6 is 22.9 Å². The van der Waals surface area contributed by atoms with E-state index in [2.05, 4.69) is 16.1 Å². The molecule has 3 fully saturated rings. The number of carbonyl (C=O) groups excluding carboxylic acids is 1. The number of carbonyl (C=O) groups is 1. The number of aromatic nitrogens is 1. The minimum absolute atomic E-state index is 0.0481. The van der Waals surface area contributed by atoms with Crippen LogP contribution in [0.2, 0.25) is 5.15 Å². The highest BCUT2D eigenvalue weighted by Crippen LogP contribution is 2.41. The first kappa shape index (κ1) is 17.1. The lowest BCUT2D eigenvalue weighted by Gasteiger charge is -2.44. The summed E-state index contributed by atoms with van der Waals surface area (Å²) in [5.74, 6) is 0.539. The molecule has 1 atom stereocenters. The maximum atomic E-state index is 13.0. The van der Waals surface area contributed by atoms with Crippen LogP contribution in [-0.2, 0) is 4.79 Å². The highest BCUT2D eigenvalue weighted by molar-refractivity contribution is 7.16. The topological polar surface area (TPSA) is 63.5 Å². The van der Waals surface area contributed by atoms with E-state index in [1.807, 2.05) is 0 Å². The van der Waals surface area contributed by atoms with E-state index in [4.69, 9.17) is 16.9 Å². The lowest BCUT2D eigenvalue weighted by Crippen LogP contribution is -2.64. The second-order valence-corrected chi connectivity index (χ2v) is 8.44. The predicted octanol–water partition coefficient (Wildman–Crippen LogP) is 2.66. The average Bonchev–Trinajstić information content (AvgIpc) is 3.04. The molecule has 1 unspecified atom stereocenters. The maximum Gasteiger partial charge on any atom is 0.246 e. The van der Waals surface area contributed by atoms with Crippen molar-refractivity contribution in [3.8, 4) is 6.19 Å². The van der Waals surface area contributed by atoms with Crippen molar-refractivity contribution in [1.82, 2.24) is 14.8 Å². The van der Waals surface area contributed by atoms with Crippen molar-refractivity contribution in [1.29, 1.82) is 5.26 Å². The van der Waals surface area contributed by atoms with E-state index in [9.17, 15) is 4.79 Å². The van der Waals surface area contributed by atoms with Crippen LogP contribution in [-0.4, -0.2) is 59.5 Å². The minimum Gasteiger partial charge on any atom is -0.307 e. The van der Waals surface area contributed by atoms with Crippen LogP contribution < -0.4 is 4.90 Å². The Morgan fingerprint density at radius 3 is 2.68 bits per heavy atom. The number of anilines is 1. The zero-order valence-electron chi connectivity index (χ0n) is 14.2. The minimum atomic E-state index is -0.251. The fraction of sp³-hybridized carbons (Fsp3) is 0.706. The molecular weight excluding hydrogens is 358 g/mol. The number of hydrogen-bond acceptors (Lipinski definition) is 6. The van der Waals surface area contributed by atoms with Gasteiger partial charge >= 0.3 is 0 Å². The molecule has 2 saturated heterocycles. The molecule has 1 aliphatic carbocycles. The second kappa shape index (κ2) is 7.10. The van der Waals surface area contributed by atoms with E-state index in [1.165, 1.54) is 32.1 Å². The largest absolute Gasteiger partial charge is 0.307 e. The molecular formula is C17H22ClN5OS. The number of hydrogen-bond donors (Lipinski definition) is 0. The quantitative estimate of drug-likeness (QED) is 0.739. The number of fused-ring (bicyclic) bond motifs is 1. The SMILES string of the molecule is N#CN1CCN2CCN(c3sc(C4CCCCC4)nc3Cl)C(=O)C2C1. The average molecular weight is 380 g/mol. The number of thiazole rings is 1. The van der Waals surface area contributed by atoms with Crippen molar-refractivity contribution < 1.29 is 4.79 Å². The zero-order chi connectivity index (χ0) is 17.4. The highest BCUT2D eigenvalue weighted by Gasteiger charge is 2.40. The van der Waals surface area contributed by atoms with Gasteiger partial charge in [0.2, 0.25) is 5.91 Å². The van der Waals surface area contributed by atoms with Crippen molar-refractivity contribution in [2.45, 2.75) is 44.1 Å². The molecule has 1 aromatic rings. The van der Waals surface area contributed by atoms with Gasteiger partial charge in [-0.05, 0) is 12.8 Å². The Bertz CT molecular complexity index is 696. The monoisotopic (exact) mass is 379 g/mol. The normalized spacial score (nSPS) is 25.8. The second-order valence-electron chi connectivity index (χ2n) is 7.07. The van der Waals surface area contributed by atoms with Crippen molar-refractivity contribution in [3.63, 3.8) is 0 Å². The van der Waals surface area contributed by atoms with E-state index in [-0.39, 0.29) is 11.9 Å². The highest BCUT2D eigenvalue weighted by atomic mass is 35.5. The Morgan fingerprint density at radius 2 is 1.92 bits per heavy atom. The van der Waals surface area contributed by atoms with E-state index in [0.717, 1.165) is 23.1 Å². The summed E-state index contributed by atoms with van der Waals surface area (Å²) in [6.07, 6.45) is 8.32. The van der Waals surface area contributed by atoms with Crippen LogP contribution in [0.3, 0.4) is 0 Å². The molecule has 8 heteroatoms. The van der Waals surface area contributed by atoms with Gasteiger partial charge in [0.05, 0.1) is 11.6 Å². The molecule has 3 aliphatic rings. The number of amides is 1. The van der Waals surface area contributed by atoms with E-state index in [0.29, 0.717) is 30.7 Å². The number of halogens is 1.